The molecule has 1 fully saturated rings. The summed E-state index contributed by atoms with van der Waals surface area (Å²) >= 11 is 1.73. The predicted octanol–water partition coefficient (Wildman–Crippen LogP) is 4.63. The van der Waals surface area contributed by atoms with Crippen molar-refractivity contribution in [3.05, 3.63) is 94.2 Å². The molecule has 1 atom stereocenters. The first-order valence-corrected chi connectivity index (χ1v) is 11.4. The number of carbonyl (C=O) groups is 1. The molecule has 2 heterocycles. The molecule has 1 aliphatic rings. The zero-order valence-corrected chi connectivity index (χ0v) is 17.9. The molecule has 1 aromatic heterocycles. The maximum atomic E-state index is 13.1. The van der Waals surface area contributed by atoms with E-state index in [-0.39, 0.29) is 18.1 Å². The van der Waals surface area contributed by atoms with Gasteiger partial charge in [-0.1, -0.05) is 66.7 Å². The van der Waals surface area contributed by atoms with E-state index >= 15 is 0 Å². The van der Waals surface area contributed by atoms with Crippen LogP contribution in [0.2, 0.25) is 0 Å². The van der Waals surface area contributed by atoms with E-state index in [0.717, 1.165) is 43.7 Å². The summed E-state index contributed by atoms with van der Waals surface area (Å²) < 4.78 is 5.83. The van der Waals surface area contributed by atoms with Gasteiger partial charge in [-0.05, 0) is 35.4 Å². The average molecular weight is 421 g/mol. The minimum atomic E-state index is -0.161. The lowest BCUT2D eigenvalue weighted by Gasteiger charge is -2.26. The summed E-state index contributed by atoms with van der Waals surface area (Å²) in [4.78, 5) is 16.6. The molecule has 0 bridgehead atoms. The smallest absolute Gasteiger partial charge is 0.234 e. The van der Waals surface area contributed by atoms with Crippen molar-refractivity contribution < 1.29 is 9.53 Å². The Morgan fingerprint density at radius 2 is 1.73 bits per heavy atom. The summed E-state index contributed by atoms with van der Waals surface area (Å²) in [7, 11) is 0. The van der Waals surface area contributed by atoms with Gasteiger partial charge in [-0.2, -0.15) is 0 Å². The molecule has 0 saturated carbocycles. The molecular formula is C25H28N2O2S. The topological polar surface area (TPSA) is 41.6 Å². The van der Waals surface area contributed by atoms with Gasteiger partial charge in [-0.15, -0.1) is 11.3 Å². The zero-order chi connectivity index (χ0) is 20.6. The summed E-state index contributed by atoms with van der Waals surface area (Å²) in [5.74, 6) is 0.0299. The third kappa shape index (κ3) is 5.79. The summed E-state index contributed by atoms with van der Waals surface area (Å²) in [6.07, 6.45) is 2.39. The maximum absolute atomic E-state index is 13.1. The Kier molecular flexibility index (Phi) is 7.29. The standard InChI is InChI=1S/C25H28N2O2S/c28-24(19-27(17-22-13-7-15-29-22)18-23-14-8-16-30-23)26-25(20-9-3-1-4-10-20)21-11-5-2-6-12-21/h1-6,8-12,14,16,22,25H,7,13,15,17-19H2,(H,26,28)/t22-/m0/s1. The van der Waals surface area contributed by atoms with Crippen LogP contribution in [0, 0.1) is 0 Å². The molecule has 0 spiro atoms. The first-order chi connectivity index (χ1) is 14.8. The highest BCUT2D eigenvalue weighted by molar-refractivity contribution is 7.09. The molecule has 1 aliphatic heterocycles. The van der Waals surface area contributed by atoms with E-state index < -0.39 is 0 Å². The summed E-state index contributed by atoms with van der Waals surface area (Å²) in [5, 5.41) is 5.35. The Balaban J connectivity index is 1.47. The van der Waals surface area contributed by atoms with Crippen LogP contribution in [0.3, 0.4) is 0 Å². The number of nitrogens with one attached hydrogen (secondary N) is 1. The average Bonchev–Trinajstić information content (AvgIpc) is 3.48. The van der Waals surface area contributed by atoms with Crippen molar-refractivity contribution >= 4 is 17.2 Å². The van der Waals surface area contributed by atoms with Crippen molar-refractivity contribution in [3.8, 4) is 0 Å². The van der Waals surface area contributed by atoms with Crippen LogP contribution < -0.4 is 5.32 Å². The number of nitrogens with zero attached hydrogens (tertiary/aromatic N) is 1. The highest BCUT2D eigenvalue weighted by Gasteiger charge is 2.23. The number of carbonyl (C=O) groups excluding carboxylic acids is 1. The molecule has 3 aromatic rings. The number of benzene rings is 2. The molecule has 30 heavy (non-hydrogen) atoms. The first-order valence-electron chi connectivity index (χ1n) is 10.5. The number of ether oxygens (including phenoxy) is 1. The van der Waals surface area contributed by atoms with Gasteiger partial charge in [-0.25, -0.2) is 0 Å². The second-order valence-corrected chi connectivity index (χ2v) is 8.74. The number of hydrogen-bond donors (Lipinski definition) is 1. The van der Waals surface area contributed by atoms with Crippen LogP contribution in [0.25, 0.3) is 0 Å². The molecular weight excluding hydrogens is 392 g/mol. The van der Waals surface area contributed by atoms with Gasteiger partial charge < -0.3 is 10.1 Å². The lowest BCUT2D eigenvalue weighted by atomic mass is 9.99. The first kappa shape index (κ1) is 20.8. The van der Waals surface area contributed by atoms with Crippen LogP contribution in [0.1, 0.15) is 34.9 Å². The van der Waals surface area contributed by atoms with Gasteiger partial charge in [-0.3, -0.25) is 9.69 Å². The minimum absolute atomic E-state index is 0.0299. The Morgan fingerprint density at radius 3 is 2.30 bits per heavy atom. The van der Waals surface area contributed by atoms with Crippen LogP contribution in [-0.4, -0.2) is 36.6 Å². The molecule has 1 N–H and O–H groups in total. The van der Waals surface area contributed by atoms with Gasteiger partial charge in [0.1, 0.15) is 0 Å². The Morgan fingerprint density at radius 1 is 1.03 bits per heavy atom. The Labute approximate surface area is 182 Å². The second-order valence-electron chi connectivity index (χ2n) is 7.71. The van der Waals surface area contributed by atoms with E-state index in [0.29, 0.717) is 6.54 Å². The molecule has 156 valence electrons. The van der Waals surface area contributed by atoms with E-state index in [1.165, 1.54) is 4.88 Å². The van der Waals surface area contributed by atoms with E-state index in [1.54, 1.807) is 11.3 Å². The zero-order valence-electron chi connectivity index (χ0n) is 17.1. The Bertz CT molecular complexity index is 854. The number of thiophene rings is 1. The van der Waals surface area contributed by atoms with Gasteiger partial charge in [0, 0.05) is 24.6 Å². The van der Waals surface area contributed by atoms with Crippen LogP contribution in [0.4, 0.5) is 0 Å². The van der Waals surface area contributed by atoms with E-state index in [2.05, 4.69) is 52.0 Å². The van der Waals surface area contributed by atoms with Crippen molar-refractivity contribution in [1.82, 2.24) is 10.2 Å². The van der Waals surface area contributed by atoms with E-state index in [4.69, 9.17) is 4.74 Å². The van der Waals surface area contributed by atoms with E-state index in [9.17, 15) is 4.79 Å². The highest BCUT2D eigenvalue weighted by Crippen LogP contribution is 2.22. The van der Waals surface area contributed by atoms with Crippen LogP contribution in [0.5, 0.6) is 0 Å². The molecule has 1 saturated heterocycles. The summed E-state index contributed by atoms with van der Waals surface area (Å²) in [5.41, 5.74) is 2.17. The third-order valence-corrected chi connectivity index (χ3v) is 6.24. The molecule has 4 rings (SSSR count). The highest BCUT2D eigenvalue weighted by atomic mass is 32.1. The van der Waals surface area contributed by atoms with Crippen LogP contribution in [-0.2, 0) is 16.1 Å². The number of amides is 1. The normalized spacial score (nSPS) is 16.3. The van der Waals surface area contributed by atoms with E-state index in [1.807, 2.05) is 36.4 Å². The SMILES string of the molecule is O=C(CN(Cc1cccs1)C[C@@H]1CCCO1)NC(c1ccccc1)c1ccccc1. The largest absolute Gasteiger partial charge is 0.377 e. The van der Waals surface area contributed by atoms with Crippen molar-refractivity contribution in [1.29, 1.82) is 0 Å². The van der Waals surface area contributed by atoms with Gasteiger partial charge in [0.05, 0.1) is 18.7 Å². The lowest BCUT2D eigenvalue weighted by molar-refractivity contribution is -0.123. The Hall–Kier alpha value is -2.47. The second kappa shape index (κ2) is 10.5. The summed E-state index contributed by atoms with van der Waals surface area (Å²) in [6, 6.07) is 24.3. The van der Waals surface area contributed by atoms with Gasteiger partial charge in [0.15, 0.2) is 0 Å². The molecule has 2 aromatic carbocycles. The maximum Gasteiger partial charge on any atom is 0.234 e. The van der Waals surface area contributed by atoms with Crippen molar-refractivity contribution in [3.63, 3.8) is 0 Å². The fourth-order valence-electron chi connectivity index (χ4n) is 3.94. The van der Waals surface area contributed by atoms with Gasteiger partial charge in [0.2, 0.25) is 5.91 Å². The van der Waals surface area contributed by atoms with Crippen molar-refractivity contribution in [2.75, 3.05) is 19.7 Å². The summed E-state index contributed by atoms with van der Waals surface area (Å²) in [6.45, 7) is 2.74. The molecule has 0 radical (unpaired) electrons. The van der Waals surface area contributed by atoms with Crippen molar-refractivity contribution in [2.45, 2.75) is 31.5 Å². The van der Waals surface area contributed by atoms with Gasteiger partial charge in [0.25, 0.3) is 0 Å². The molecule has 0 aliphatic carbocycles. The third-order valence-electron chi connectivity index (χ3n) is 5.38. The predicted molar refractivity (Wildman–Crippen MR) is 121 cm³/mol. The van der Waals surface area contributed by atoms with Crippen molar-refractivity contribution in [2.24, 2.45) is 0 Å². The van der Waals surface area contributed by atoms with Gasteiger partial charge >= 0.3 is 0 Å². The molecule has 5 heteroatoms. The number of rotatable bonds is 9. The number of hydrogen-bond acceptors (Lipinski definition) is 4. The molecule has 4 nitrogen and oxygen atoms in total. The fourth-order valence-corrected chi connectivity index (χ4v) is 4.69. The molecule has 0 unspecified atom stereocenters. The molecule has 1 amide bonds. The quantitative estimate of drug-likeness (QED) is 0.549. The van der Waals surface area contributed by atoms with Crippen LogP contribution >= 0.6 is 11.3 Å². The monoisotopic (exact) mass is 420 g/mol. The lowest BCUT2D eigenvalue weighted by Crippen LogP contribution is -2.41. The van der Waals surface area contributed by atoms with Crippen LogP contribution in [0.15, 0.2) is 78.2 Å². The fraction of sp³-hybridized carbons (Fsp3) is 0.320. The minimum Gasteiger partial charge on any atom is -0.377 e.